The van der Waals surface area contributed by atoms with E-state index in [1.54, 1.807) is 18.3 Å². The molecule has 2 aromatic rings. The number of aryl methyl sites for hydroxylation is 1. The zero-order valence-corrected chi connectivity index (χ0v) is 9.34. The van der Waals surface area contributed by atoms with Gasteiger partial charge in [-0.2, -0.15) is 0 Å². The van der Waals surface area contributed by atoms with E-state index in [9.17, 15) is 5.11 Å². The molecular formula is C14H13NO2. The molecule has 3 heteroatoms. The average molecular weight is 227 g/mol. The molecule has 17 heavy (non-hydrogen) atoms. The molecule has 1 aromatic heterocycles. The lowest BCUT2D eigenvalue weighted by atomic mass is 10.00. The predicted octanol–water partition coefficient (Wildman–Crippen LogP) is 2.85. The summed E-state index contributed by atoms with van der Waals surface area (Å²) < 4.78 is 5.88. The van der Waals surface area contributed by atoms with Gasteiger partial charge in [-0.15, -0.1) is 0 Å². The molecule has 0 aliphatic carbocycles. The molecule has 0 spiro atoms. The van der Waals surface area contributed by atoms with Crippen LogP contribution in [0.4, 0.5) is 0 Å². The van der Waals surface area contributed by atoms with Gasteiger partial charge in [-0.1, -0.05) is 18.2 Å². The van der Waals surface area contributed by atoms with Gasteiger partial charge in [-0.25, -0.2) is 0 Å². The number of pyridine rings is 1. The molecule has 0 saturated carbocycles. The van der Waals surface area contributed by atoms with Crippen LogP contribution in [0.1, 0.15) is 23.8 Å². The first-order valence-corrected chi connectivity index (χ1v) is 5.73. The van der Waals surface area contributed by atoms with E-state index < -0.39 is 0 Å². The first-order valence-electron chi connectivity index (χ1n) is 5.73. The normalized spacial score (nSPS) is 18.2. The Bertz CT molecular complexity index is 539. The SMILES string of the molecule is Oc1cccnc1C1CCc2ccccc2O1. The number of benzene rings is 1. The monoisotopic (exact) mass is 227 g/mol. The van der Waals surface area contributed by atoms with Gasteiger partial charge in [0.25, 0.3) is 0 Å². The van der Waals surface area contributed by atoms with Crippen LogP contribution in [-0.4, -0.2) is 10.1 Å². The summed E-state index contributed by atoms with van der Waals surface area (Å²) in [6, 6.07) is 11.4. The molecule has 1 unspecified atom stereocenters. The Balaban J connectivity index is 1.92. The summed E-state index contributed by atoms with van der Waals surface area (Å²) in [6.45, 7) is 0. The molecule has 0 radical (unpaired) electrons. The summed E-state index contributed by atoms with van der Waals surface area (Å²) >= 11 is 0. The fraction of sp³-hybridized carbons (Fsp3) is 0.214. The van der Waals surface area contributed by atoms with Gasteiger partial charge < -0.3 is 9.84 Å². The van der Waals surface area contributed by atoms with Crippen LogP contribution in [0.15, 0.2) is 42.6 Å². The lowest BCUT2D eigenvalue weighted by Crippen LogP contribution is -2.16. The fourth-order valence-corrected chi connectivity index (χ4v) is 2.17. The van der Waals surface area contributed by atoms with E-state index in [0.717, 1.165) is 18.6 Å². The highest BCUT2D eigenvalue weighted by Crippen LogP contribution is 2.36. The van der Waals surface area contributed by atoms with Crippen molar-refractivity contribution >= 4 is 0 Å². The number of nitrogens with zero attached hydrogens (tertiary/aromatic N) is 1. The van der Waals surface area contributed by atoms with E-state index in [-0.39, 0.29) is 11.9 Å². The summed E-state index contributed by atoms with van der Waals surface area (Å²) in [4.78, 5) is 4.20. The van der Waals surface area contributed by atoms with Crippen LogP contribution in [0.25, 0.3) is 0 Å². The molecule has 0 fully saturated rings. The van der Waals surface area contributed by atoms with Crippen molar-refractivity contribution in [2.24, 2.45) is 0 Å². The Morgan fingerprint density at radius 2 is 2.06 bits per heavy atom. The summed E-state index contributed by atoms with van der Waals surface area (Å²) in [5.74, 6) is 1.10. The van der Waals surface area contributed by atoms with Crippen molar-refractivity contribution < 1.29 is 9.84 Å². The number of fused-ring (bicyclic) bond motifs is 1. The maximum Gasteiger partial charge on any atom is 0.145 e. The average Bonchev–Trinajstić information content (AvgIpc) is 2.39. The zero-order valence-electron chi connectivity index (χ0n) is 9.34. The van der Waals surface area contributed by atoms with Gasteiger partial charge in [-0.3, -0.25) is 4.98 Å². The Labute approximate surface area is 99.7 Å². The lowest BCUT2D eigenvalue weighted by molar-refractivity contribution is 0.168. The molecule has 0 saturated heterocycles. The van der Waals surface area contributed by atoms with Crippen molar-refractivity contribution in [1.82, 2.24) is 4.98 Å². The summed E-state index contributed by atoms with van der Waals surface area (Å²) in [7, 11) is 0. The maximum absolute atomic E-state index is 9.77. The quantitative estimate of drug-likeness (QED) is 0.814. The van der Waals surface area contributed by atoms with Gasteiger partial charge in [-0.05, 0) is 36.6 Å². The fourth-order valence-electron chi connectivity index (χ4n) is 2.17. The largest absolute Gasteiger partial charge is 0.506 e. The highest BCUT2D eigenvalue weighted by Gasteiger charge is 2.24. The highest BCUT2D eigenvalue weighted by molar-refractivity contribution is 5.37. The smallest absolute Gasteiger partial charge is 0.145 e. The van der Waals surface area contributed by atoms with Crippen molar-refractivity contribution in [2.45, 2.75) is 18.9 Å². The number of hydrogen-bond acceptors (Lipinski definition) is 3. The Kier molecular flexibility index (Phi) is 2.44. The first-order chi connectivity index (χ1) is 8.34. The van der Waals surface area contributed by atoms with Crippen molar-refractivity contribution in [2.75, 3.05) is 0 Å². The van der Waals surface area contributed by atoms with E-state index in [1.165, 1.54) is 5.56 Å². The molecule has 3 nitrogen and oxygen atoms in total. The predicted molar refractivity (Wildman–Crippen MR) is 64.0 cm³/mol. The number of hydrogen-bond donors (Lipinski definition) is 1. The standard InChI is InChI=1S/C14H13NO2/c16-11-5-3-9-15-14(11)13-8-7-10-4-1-2-6-12(10)17-13/h1-6,9,13,16H,7-8H2. The molecule has 0 amide bonds. The second kappa shape index (κ2) is 4.09. The third-order valence-corrected chi connectivity index (χ3v) is 3.04. The maximum atomic E-state index is 9.77. The van der Waals surface area contributed by atoms with Crippen LogP contribution in [0.5, 0.6) is 11.5 Å². The number of aromatic hydroxyl groups is 1. The van der Waals surface area contributed by atoms with Crippen LogP contribution in [0, 0.1) is 0 Å². The lowest BCUT2D eigenvalue weighted by Gasteiger charge is -2.25. The Morgan fingerprint density at radius 1 is 1.18 bits per heavy atom. The van der Waals surface area contributed by atoms with Crippen molar-refractivity contribution in [1.29, 1.82) is 0 Å². The Hall–Kier alpha value is -2.03. The minimum Gasteiger partial charge on any atom is -0.506 e. The third-order valence-electron chi connectivity index (χ3n) is 3.04. The third kappa shape index (κ3) is 1.84. The van der Waals surface area contributed by atoms with Gasteiger partial charge in [0.05, 0.1) is 0 Å². The van der Waals surface area contributed by atoms with Crippen molar-refractivity contribution in [3.8, 4) is 11.5 Å². The topological polar surface area (TPSA) is 42.4 Å². The minimum absolute atomic E-state index is 0.147. The van der Waals surface area contributed by atoms with Gasteiger partial charge in [0.1, 0.15) is 23.3 Å². The number of para-hydroxylation sites is 1. The molecule has 1 atom stereocenters. The van der Waals surface area contributed by atoms with Crippen LogP contribution in [0.2, 0.25) is 0 Å². The molecular weight excluding hydrogens is 214 g/mol. The van der Waals surface area contributed by atoms with E-state index in [2.05, 4.69) is 11.1 Å². The van der Waals surface area contributed by atoms with Crippen LogP contribution < -0.4 is 4.74 Å². The van der Waals surface area contributed by atoms with Gasteiger partial charge in [0, 0.05) is 6.20 Å². The molecule has 1 aliphatic heterocycles. The van der Waals surface area contributed by atoms with E-state index in [0.29, 0.717) is 5.69 Å². The zero-order chi connectivity index (χ0) is 11.7. The highest BCUT2D eigenvalue weighted by atomic mass is 16.5. The van der Waals surface area contributed by atoms with Crippen LogP contribution >= 0.6 is 0 Å². The number of rotatable bonds is 1. The minimum atomic E-state index is -0.147. The molecule has 1 N–H and O–H groups in total. The molecule has 0 bridgehead atoms. The van der Waals surface area contributed by atoms with Crippen molar-refractivity contribution in [3.63, 3.8) is 0 Å². The molecule has 2 heterocycles. The number of ether oxygens (including phenoxy) is 1. The van der Waals surface area contributed by atoms with Gasteiger partial charge in [0.2, 0.25) is 0 Å². The second-order valence-electron chi connectivity index (χ2n) is 4.16. The summed E-state index contributed by atoms with van der Waals surface area (Å²) in [5.41, 5.74) is 1.85. The molecule has 1 aromatic carbocycles. The van der Waals surface area contributed by atoms with E-state index >= 15 is 0 Å². The molecule has 1 aliphatic rings. The van der Waals surface area contributed by atoms with E-state index in [4.69, 9.17) is 4.74 Å². The van der Waals surface area contributed by atoms with Gasteiger partial charge >= 0.3 is 0 Å². The second-order valence-corrected chi connectivity index (χ2v) is 4.16. The summed E-state index contributed by atoms with van der Waals surface area (Å²) in [6.07, 6.45) is 3.34. The van der Waals surface area contributed by atoms with E-state index in [1.807, 2.05) is 18.2 Å². The number of aromatic nitrogens is 1. The Morgan fingerprint density at radius 3 is 2.94 bits per heavy atom. The van der Waals surface area contributed by atoms with Crippen LogP contribution in [0.3, 0.4) is 0 Å². The molecule has 86 valence electrons. The molecule has 3 rings (SSSR count). The van der Waals surface area contributed by atoms with Crippen molar-refractivity contribution in [3.05, 3.63) is 53.9 Å². The summed E-state index contributed by atoms with van der Waals surface area (Å²) in [5, 5.41) is 9.77. The van der Waals surface area contributed by atoms with Crippen LogP contribution in [-0.2, 0) is 6.42 Å². The first kappa shape index (κ1) is 10.1. The van der Waals surface area contributed by atoms with Gasteiger partial charge in [0.15, 0.2) is 0 Å².